The number of hydrogen-bond donors (Lipinski definition) is 0. The number of rotatable bonds is 3. The van der Waals surface area contributed by atoms with Gasteiger partial charge in [-0.05, 0) is 68.9 Å². The molecule has 2 unspecified atom stereocenters. The molecule has 1 aromatic heterocycles. The maximum absolute atomic E-state index is 13.5. The van der Waals surface area contributed by atoms with Gasteiger partial charge < -0.3 is 0 Å². The van der Waals surface area contributed by atoms with Gasteiger partial charge in [-0.15, -0.1) is 0 Å². The van der Waals surface area contributed by atoms with Crippen molar-refractivity contribution in [2.75, 3.05) is 0 Å². The van der Waals surface area contributed by atoms with Crippen LogP contribution >= 0.6 is 0 Å². The Balaban J connectivity index is 1.63. The Kier molecular flexibility index (Phi) is 3.96. The first-order valence-electron chi connectivity index (χ1n) is 8.66. The summed E-state index contributed by atoms with van der Waals surface area (Å²) in [7, 11) is -3.60. The number of benzene rings is 1. The molecule has 5 nitrogen and oxygen atoms in total. The zero-order chi connectivity index (χ0) is 17.8. The second-order valence-corrected chi connectivity index (χ2v) is 9.10. The second kappa shape index (κ2) is 5.92. The Hall–Kier alpha value is -1.73. The van der Waals surface area contributed by atoms with Crippen molar-refractivity contribution in [2.45, 2.75) is 62.6 Å². The van der Waals surface area contributed by atoms with Gasteiger partial charge in [-0.25, -0.2) is 12.8 Å². The van der Waals surface area contributed by atoms with Crippen LogP contribution in [-0.4, -0.2) is 34.6 Å². The fourth-order valence-electron chi connectivity index (χ4n) is 4.25. The van der Waals surface area contributed by atoms with Crippen molar-refractivity contribution in [1.82, 2.24) is 14.1 Å². The standard InChI is InChI=1S/C18H22FN3O2S/c1-12-10-20-21(11-12)16-8-14-3-4-15(9-16)22(14)25(23,24)17-5-6-18(19)13(2)7-17/h5-7,10-11,14-16H,3-4,8-9H2,1-2H3. The molecular formula is C18H22FN3O2S. The Morgan fingerprint density at radius 2 is 1.80 bits per heavy atom. The van der Waals surface area contributed by atoms with E-state index in [2.05, 4.69) is 5.10 Å². The highest BCUT2D eigenvalue weighted by Crippen LogP contribution is 2.43. The first-order chi connectivity index (χ1) is 11.9. The van der Waals surface area contributed by atoms with Gasteiger partial charge in [-0.3, -0.25) is 4.68 Å². The number of piperidine rings is 1. The largest absolute Gasteiger partial charge is 0.269 e. The van der Waals surface area contributed by atoms with E-state index < -0.39 is 10.0 Å². The highest BCUT2D eigenvalue weighted by atomic mass is 32.2. The first kappa shape index (κ1) is 16.7. The van der Waals surface area contributed by atoms with Crippen molar-refractivity contribution in [2.24, 2.45) is 0 Å². The summed E-state index contributed by atoms with van der Waals surface area (Å²) in [6.45, 7) is 3.60. The van der Waals surface area contributed by atoms with Gasteiger partial charge >= 0.3 is 0 Å². The number of aryl methyl sites for hydroxylation is 2. The lowest BCUT2D eigenvalue weighted by atomic mass is 10.00. The van der Waals surface area contributed by atoms with Crippen LogP contribution in [0.25, 0.3) is 0 Å². The molecule has 0 aliphatic carbocycles. The molecular weight excluding hydrogens is 341 g/mol. The molecule has 0 radical (unpaired) electrons. The van der Waals surface area contributed by atoms with Gasteiger partial charge in [0.15, 0.2) is 0 Å². The molecule has 0 amide bonds. The summed E-state index contributed by atoms with van der Waals surface area (Å²) in [5.74, 6) is -0.380. The monoisotopic (exact) mass is 363 g/mol. The molecule has 2 aliphatic heterocycles. The van der Waals surface area contributed by atoms with Gasteiger partial charge in [0.25, 0.3) is 0 Å². The number of aromatic nitrogens is 2. The Bertz CT molecular complexity index is 895. The lowest BCUT2D eigenvalue weighted by Gasteiger charge is -2.38. The van der Waals surface area contributed by atoms with E-state index in [1.807, 2.05) is 24.0 Å². The molecule has 0 N–H and O–H groups in total. The van der Waals surface area contributed by atoms with E-state index in [-0.39, 0.29) is 28.8 Å². The number of halogens is 1. The molecule has 2 fully saturated rings. The van der Waals surface area contributed by atoms with E-state index in [4.69, 9.17) is 0 Å². The van der Waals surface area contributed by atoms with Gasteiger partial charge in [0.2, 0.25) is 10.0 Å². The average molecular weight is 363 g/mol. The van der Waals surface area contributed by atoms with Crippen molar-refractivity contribution in [1.29, 1.82) is 0 Å². The van der Waals surface area contributed by atoms with E-state index in [0.717, 1.165) is 31.2 Å². The smallest absolute Gasteiger partial charge is 0.243 e. The zero-order valence-corrected chi connectivity index (χ0v) is 15.2. The Morgan fingerprint density at radius 3 is 2.36 bits per heavy atom. The number of nitrogens with zero attached hydrogens (tertiary/aromatic N) is 3. The fourth-order valence-corrected chi connectivity index (χ4v) is 6.22. The summed E-state index contributed by atoms with van der Waals surface area (Å²) in [6, 6.07) is 4.27. The van der Waals surface area contributed by atoms with E-state index in [9.17, 15) is 12.8 Å². The molecule has 7 heteroatoms. The van der Waals surface area contributed by atoms with Crippen molar-refractivity contribution in [3.63, 3.8) is 0 Å². The Labute approximate surface area is 147 Å². The van der Waals surface area contributed by atoms with Gasteiger partial charge in [-0.1, -0.05) is 0 Å². The highest BCUT2D eigenvalue weighted by Gasteiger charge is 2.47. The van der Waals surface area contributed by atoms with E-state index in [0.29, 0.717) is 5.56 Å². The minimum Gasteiger partial charge on any atom is -0.269 e. The van der Waals surface area contributed by atoms with Crippen LogP contribution in [0.1, 0.15) is 42.9 Å². The topological polar surface area (TPSA) is 55.2 Å². The van der Waals surface area contributed by atoms with Crippen molar-refractivity contribution < 1.29 is 12.8 Å². The van der Waals surface area contributed by atoms with Crippen LogP contribution in [0.5, 0.6) is 0 Å². The third-order valence-corrected chi connectivity index (χ3v) is 7.45. The predicted octanol–water partition coefficient (Wildman–Crippen LogP) is 3.20. The summed E-state index contributed by atoms with van der Waals surface area (Å²) in [4.78, 5) is 0.191. The predicted molar refractivity (Wildman–Crippen MR) is 92.2 cm³/mol. The van der Waals surface area contributed by atoms with E-state index in [1.165, 1.54) is 18.2 Å². The van der Waals surface area contributed by atoms with E-state index >= 15 is 0 Å². The average Bonchev–Trinajstić information content (AvgIpc) is 3.12. The van der Waals surface area contributed by atoms with Crippen molar-refractivity contribution in [3.8, 4) is 0 Å². The second-order valence-electron chi connectivity index (χ2n) is 7.25. The summed E-state index contributed by atoms with van der Waals surface area (Å²) in [5.41, 5.74) is 1.47. The summed E-state index contributed by atoms with van der Waals surface area (Å²) < 4.78 is 43.4. The molecule has 2 saturated heterocycles. The molecule has 1 aromatic carbocycles. The molecule has 0 saturated carbocycles. The molecule has 4 rings (SSSR count). The molecule has 2 bridgehead atoms. The number of fused-ring (bicyclic) bond motifs is 2. The zero-order valence-electron chi connectivity index (χ0n) is 14.4. The molecule has 2 aliphatic rings. The molecule has 2 aromatic rings. The number of sulfonamides is 1. The maximum atomic E-state index is 13.5. The van der Waals surface area contributed by atoms with Crippen LogP contribution in [0.2, 0.25) is 0 Å². The van der Waals surface area contributed by atoms with Crippen LogP contribution < -0.4 is 0 Å². The maximum Gasteiger partial charge on any atom is 0.243 e. The van der Waals surface area contributed by atoms with Gasteiger partial charge in [0, 0.05) is 18.3 Å². The summed E-state index contributed by atoms with van der Waals surface area (Å²) in [6.07, 6.45) is 7.17. The molecule has 134 valence electrons. The normalized spacial score (nSPS) is 26.9. The quantitative estimate of drug-likeness (QED) is 0.841. The van der Waals surface area contributed by atoms with Gasteiger partial charge in [0.05, 0.1) is 17.1 Å². The van der Waals surface area contributed by atoms with Crippen LogP contribution in [0.15, 0.2) is 35.5 Å². The number of hydrogen-bond acceptors (Lipinski definition) is 3. The van der Waals surface area contributed by atoms with Crippen LogP contribution in [0.3, 0.4) is 0 Å². The molecule has 0 spiro atoms. The summed E-state index contributed by atoms with van der Waals surface area (Å²) >= 11 is 0. The Morgan fingerprint density at radius 1 is 1.12 bits per heavy atom. The first-order valence-corrected chi connectivity index (χ1v) is 10.1. The summed E-state index contributed by atoms with van der Waals surface area (Å²) in [5, 5.41) is 4.41. The fraction of sp³-hybridized carbons (Fsp3) is 0.500. The van der Waals surface area contributed by atoms with E-state index in [1.54, 1.807) is 11.2 Å². The van der Waals surface area contributed by atoms with Crippen LogP contribution in [0, 0.1) is 19.7 Å². The minimum absolute atomic E-state index is 0.0105. The highest BCUT2D eigenvalue weighted by molar-refractivity contribution is 7.89. The van der Waals surface area contributed by atoms with Crippen LogP contribution in [0.4, 0.5) is 4.39 Å². The third kappa shape index (κ3) is 2.79. The third-order valence-electron chi connectivity index (χ3n) is 5.45. The van der Waals surface area contributed by atoms with Gasteiger partial charge in [0.1, 0.15) is 5.82 Å². The lowest BCUT2D eigenvalue weighted by Crippen LogP contribution is -2.46. The van der Waals surface area contributed by atoms with Crippen molar-refractivity contribution in [3.05, 3.63) is 47.5 Å². The SMILES string of the molecule is Cc1cnn(C2CC3CCC(C2)N3S(=O)(=O)c2ccc(F)c(C)c2)c1. The van der Waals surface area contributed by atoms with Gasteiger partial charge in [-0.2, -0.15) is 9.40 Å². The van der Waals surface area contributed by atoms with Crippen LogP contribution in [-0.2, 0) is 10.0 Å². The molecule has 25 heavy (non-hydrogen) atoms. The minimum atomic E-state index is -3.60. The lowest BCUT2D eigenvalue weighted by molar-refractivity contribution is 0.184. The molecule has 3 heterocycles. The van der Waals surface area contributed by atoms with Crippen molar-refractivity contribution >= 4 is 10.0 Å². The molecule has 2 atom stereocenters.